The highest BCUT2D eigenvalue weighted by atomic mass is 79.9. The first-order valence-corrected chi connectivity index (χ1v) is 7.25. The molecule has 1 amide bonds. The molecule has 0 atom stereocenters. The van der Waals surface area contributed by atoms with Crippen molar-refractivity contribution in [3.8, 4) is 0 Å². The molecule has 0 saturated heterocycles. The lowest BCUT2D eigenvalue weighted by molar-refractivity contribution is -0.114. The first kappa shape index (κ1) is 14.2. The molecule has 0 fully saturated rings. The highest BCUT2D eigenvalue weighted by Gasteiger charge is 2.36. The number of anilines is 1. The van der Waals surface area contributed by atoms with Gasteiger partial charge in [0.05, 0.1) is 22.3 Å². The lowest BCUT2D eigenvalue weighted by Gasteiger charge is -2.17. The average Bonchev–Trinajstić information content (AvgIpc) is 2.69. The second-order valence-corrected chi connectivity index (χ2v) is 5.82. The number of Topliss-reactive ketones (excluding diaryl/α,β-unsaturated/α-hetero) is 1. The lowest BCUT2D eigenvalue weighted by Crippen LogP contribution is -2.29. The van der Waals surface area contributed by atoms with Crippen LogP contribution in [0.15, 0.2) is 40.9 Å². The molecule has 3 nitrogen and oxygen atoms in total. The second kappa shape index (κ2) is 5.24. The van der Waals surface area contributed by atoms with Crippen LogP contribution in [0.4, 0.5) is 10.1 Å². The van der Waals surface area contributed by atoms with Crippen LogP contribution in [0, 0.1) is 5.82 Å². The van der Waals surface area contributed by atoms with Gasteiger partial charge >= 0.3 is 0 Å². The molecule has 2 aromatic rings. The maximum atomic E-state index is 13.5. The molecule has 0 radical (unpaired) electrons. The topological polar surface area (TPSA) is 37.4 Å². The van der Waals surface area contributed by atoms with Crippen molar-refractivity contribution in [3.63, 3.8) is 0 Å². The van der Waals surface area contributed by atoms with E-state index in [-0.39, 0.29) is 16.6 Å². The van der Waals surface area contributed by atoms with E-state index in [4.69, 9.17) is 11.6 Å². The van der Waals surface area contributed by atoms with Gasteiger partial charge in [0.15, 0.2) is 0 Å². The number of carbonyl (C=O) groups is 2. The SMILES string of the molecule is O=C1C(=O)N(Cc2cccc(F)c2Br)c2ccc(Cl)cc21. The van der Waals surface area contributed by atoms with E-state index in [0.717, 1.165) is 0 Å². The summed E-state index contributed by atoms with van der Waals surface area (Å²) in [6.07, 6.45) is 0. The largest absolute Gasteiger partial charge is 0.300 e. The third kappa shape index (κ3) is 2.36. The Labute approximate surface area is 133 Å². The number of halogens is 3. The lowest BCUT2D eigenvalue weighted by atomic mass is 10.1. The Kier molecular flexibility index (Phi) is 3.55. The molecule has 1 aliphatic heterocycles. The Balaban J connectivity index is 2.03. The normalized spacial score (nSPS) is 13.8. The molecular weight excluding hydrogens is 361 g/mol. The highest BCUT2D eigenvalue weighted by Crippen LogP contribution is 2.33. The number of benzene rings is 2. The zero-order chi connectivity index (χ0) is 15.1. The molecule has 0 aliphatic carbocycles. The fraction of sp³-hybridized carbons (Fsp3) is 0.0667. The molecule has 106 valence electrons. The molecule has 0 N–H and O–H groups in total. The molecule has 1 aliphatic rings. The summed E-state index contributed by atoms with van der Waals surface area (Å²) in [7, 11) is 0. The van der Waals surface area contributed by atoms with Crippen LogP contribution < -0.4 is 4.90 Å². The number of hydrogen-bond acceptors (Lipinski definition) is 2. The predicted octanol–water partition coefficient (Wildman–Crippen LogP) is 3.97. The Bertz CT molecular complexity index is 778. The molecule has 21 heavy (non-hydrogen) atoms. The van der Waals surface area contributed by atoms with Crippen LogP contribution in [-0.4, -0.2) is 11.7 Å². The Morgan fingerprint density at radius 2 is 1.95 bits per heavy atom. The fourth-order valence-electron chi connectivity index (χ4n) is 2.27. The van der Waals surface area contributed by atoms with Gasteiger partial charge in [0, 0.05) is 5.02 Å². The molecule has 0 bridgehead atoms. The van der Waals surface area contributed by atoms with E-state index in [2.05, 4.69) is 15.9 Å². The van der Waals surface area contributed by atoms with Gasteiger partial charge < -0.3 is 4.90 Å². The van der Waals surface area contributed by atoms with E-state index < -0.39 is 17.5 Å². The molecule has 0 unspecified atom stereocenters. The monoisotopic (exact) mass is 367 g/mol. The maximum Gasteiger partial charge on any atom is 0.299 e. The Morgan fingerprint density at radius 3 is 2.71 bits per heavy atom. The van der Waals surface area contributed by atoms with E-state index in [0.29, 0.717) is 16.3 Å². The predicted molar refractivity (Wildman–Crippen MR) is 81.1 cm³/mol. The molecule has 6 heteroatoms. The van der Waals surface area contributed by atoms with Crippen molar-refractivity contribution in [2.24, 2.45) is 0 Å². The fourth-order valence-corrected chi connectivity index (χ4v) is 2.83. The molecule has 2 aromatic carbocycles. The standard InChI is InChI=1S/C15H8BrClFNO2/c16-13-8(2-1-3-11(13)18)7-19-12-5-4-9(17)6-10(12)14(20)15(19)21/h1-6H,7H2. The van der Waals surface area contributed by atoms with E-state index in [1.54, 1.807) is 24.3 Å². The van der Waals surface area contributed by atoms with E-state index in [1.807, 2.05) is 0 Å². The van der Waals surface area contributed by atoms with Gasteiger partial charge in [-0.3, -0.25) is 9.59 Å². The first-order valence-electron chi connectivity index (χ1n) is 6.07. The van der Waals surface area contributed by atoms with Crippen molar-refractivity contribution < 1.29 is 14.0 Å². The Morgan fingerprint density at radius 1 is 1.19 bits per heavy atom. The van der Waals surface area contributed by atoms with Gasteiger partial charge in [0.25, 0.3) is 11.7 Å². The van der Waals surface area contributed by atoms with Crippen LogP contribution >= 0.6 is 27.5 Å². The molecule has 0 saturated carbocycles. The van der Waals surface area contributed by atoms with Crippen LogP contribution in [0.1, 0.15) is 15.9 Å². The van der Waals surface area contributed by atoms with Crippen LogP contribution in [0.2, 0.25) is 5.02 Å². The third-order valence-corrected chi connectivity index (χ3v) is 4.42. The summed E-state index contributed by atoms with van der Waals surface area (Å²) in [6.45, 7) is 0.109. The van der Waals surface area contributed by atoms with E-state index in [9.17, 15) is 14.0 Å². The van der Waals surface area contributed by atoms with E-state index in [1.165, 1.54) is 17.0 Å². The van der Waals surface area contributed by atoms with Crippen molar-refractivity contribution in [3.05, 3.63) is 62.8 Å². The summed E-state index contributed by atoms with van der Waals surface area (Å²) < 4.78 is 13.8. The maximum absolute atomic E-state index is 13.5. The minimum atomic E-state index is -0.636. The second-order valence-electron chi connectivity index (χ2n) is 4.59. The minimum Gasteiger partial charge on any atom is -0.300 e. The summed E-state index contributed by atoms with van der Waals surface area (Å²) in [5, 5.41) is 0.392. The average molecular weight is 369 g/mol. The van der Waals surface area contributed by atoms with Gasteiger partial charge in [0.2, 0.25) is 0 Å². The number of nitrogens with zero attached hydrogens (tertiary/aromatic N) is 1. The number of ketones is 1. The van der Waals surface area contributed by atoms with Crippen LogP contribution in [0.25, 0.3) is 0 Å². The molecular formula is C15H8BrClFNO2. The van der Waals surface area contributed by atoms with Crippen LogP contribution in [-0.2, 0) is 11.3 Å². The van der Waals surface area contributed by atoms with Gasteiger partial charge in [-0.15, -0.1) is 0 Å². The van der Waals surface area contributed by atoms with Crippen molar-refractivity contribution >= 4 is 44.9 Å². The summed E-state index contributed by atoms with van der Waals surface area (Å²) in [4.78, 5) is 25.4. The highest BCUT2D eigenvalue weighted by molar-refractivity contribution is 9.10. The molecule has 0 aromatic heterocycles. The zero-order valence-electron chi connectivity index (χ0n) is 10.6. The van der Waals surface area contributed by atoms with Gasteiger partial charge in [0.1, 0.15) is 5.82 Å². The summed E-state index contributed by atoms with van der Waals surface area (Å²) >= 11 is 9.01. The van der Waals surface area contributed by atoms with E-state index >= 15 is 0 Å². The number of fused-ring (bicyclic) bond motifs is 1. The number of hydrogen-bond donors (Lipinski definition) is 0. The quantitative estimate of drug-likeness (QED) is 0.752. The molecule has 0 spiro atoms. The van der Waals surface area contributed by atoms with Crippen molar-refractivity contribution in [1.29, 1.82) is 0 Å². The molecule has 1 heterocycles. The Hall–Kier alpha value is -1.72. The minimum absolute atomic E-state index is 0.109. The van der Waals surface area contributed by atoms with Crippen LogP contribution in [0.3, 0.4) is 0 Å². The van der Waals surface area contributed by atoms with Crippen molar-refractivity contribution in [2.75, 3.05) is 4.90 Å². The number of carbonyl (C=O) groups excluding carboxylic acids is 2. The summed E-state index contributed by atoms with van der Waals surface area (Å²) in [5.74, 6) is -1.65. The zero-order valence-corrected chi connectivity index (χ0v) is 12.9. The van der Waals surface area contributed by atoms with Crippen molar-refractivity contribution in [1.82, 2.24) is 0 Å². The number of amides is 1. The number of rotatable bonds is 2. The summed E-state index contributed by atoms with van der Waals surface area (Å²) in [5.41, 5.74) is 1.35. The smallest absolute Gasteiger partial charge is 0.299 e. The van der Waals surface area contributed by atoms with Gasteiger partial charge in [-0.25, -0.2) is 4.39 Å². The first-order chi connectivity index (χ1) is 9.99. The van der Waals surface area contributed by atoms with Gasteiger partial charge in [-0.1, -0.05) is 23.7 Å². The summed E-state index contributed by atoms with van der Waals surface area (Å²) in [6, 6.07) is 9.27. The third-order valence-electron chi connectivity index (χ3n) is 3.29. The van der Waals surface area contributed by atoms with Gasteiger partial charge in [-0.05, 0) is 45.8 Å². The van der Waals surface area contributed by atoms with Crippen molar-refractivity contribution in [2.45, 2.75) is 6.54 Å². The van der Waals surface area contributed by atoms with Gasteiger partial charge in [-0.2, -0.15) is 0 Å². The van der Waals surface area contributed by atoms with Crippen LogP contribution in [0.5, 0.6) is 0 Å². The molecule has 3 rings (SSSR count).